The molecule has 0 bridgehead atoms. The molecule has 15 heavy (non-hydrogen) atoms. The maximum Gasteiger partial charge on any atom is 0.102 e. The van der Waals surface area contributed by atoms with E-state index in [2.05, 4.69) is 32.9 Å². The van der Waals surface area contributed by atoms with Gasteiger partial charge in [-0.05, 0) is 33.1 Å². The van der Waals surface area contributed by atoms with Crippen LogP contribution >= 0.6 is 0 Å². The van der Waals surface area contributed by atoms with Gasteiger partial charge in [0, 0.05) is 5.41 Å². The van der Waals surface area contributed by atoms with Gasteiger partial charge in [0.1, 0.15) is 5.60 Å². The van der Waals surface area contributed by atoms with E-state index in [0.29, 0.717) is 0 Å². The zero-order valence-corrected chi connectivity index (χ0v) is 10.2. The van der Waals surface area contributed by atoms with Gasteiger partial charge in [0.25, 0.3) is 0 Å². The number of ether oxygens (including phenoxy) is 1. The van der Waals surface area contributed by atoms with Gasteiger partial charge in [-0.25, -0.2) is 0 Å². The highest BCUT2D eigenvalue weighted by molar-refractivity contribution is 5.21. The summed E-state index contributed by atoms with van der Waals surface area (Å²) in [5, 5.41) is 10.9. The molecule has 1 N–H and O–H groups in total. The molecule has 0 aromatic rings. The molecule has 0 unspecified atom stereocenters. The van der Waals surface area contributed by atoms with Gasteiger partial charge in [-0.2, -0.15) is 0 Å². The summed E-state index contributed by atoms with van der Waals surface area (Å²) >= 11 is 0. The normalized spacial score (nSPS) is 48.7. The first-order chi connectivity index (χ1) is 6.81. The fourth-order valence-electron chi connectivity index (χ4n) is 3.21. The van der Waals surface area contributed by atoms with Crippen LogP contribution in [0.25, 0.3) is 0 Å². The smallest absolute Gasteiger partial charge is 0.102 e. The second kappa shape index (κ2) is 3.08. The van der Waals surface area contributed by atoms with E-state index in [1.54, 1.807) is 0 Å². The predicted molar refractivity (Wildman–Crippen MR) is 60.7 cm³/mol. The Labute approximate surface area is 92.3 Å². The molecule has 1 saturated heterocycles. The third-order valence-corrected chi connectivity index (χ3v) is 4.36. The van der Waals surface area contributed by atoms with Crippen molar-refractivity contribution >= 4 is 0 Å². The summed E-state index contributed by atoms with van der Waals surface area (Å²) in [5.41, 5.74) is -1.33. The average Bonchev–Trinajstić information content (AvgIpc) is 2.09. The number of hydrogen-bond donors (Lipinski definition) is 1. The molecule has 0 radical (unpaired) electrons. The molecule has 1 aliphatic heterocycles. The third kappa shape index (κ3) is 1.38. The first-order valence-electron chi connectivity index (χ1n) is 5.89. The van der Waals surface area contributed by atoms with E-state index >= 15 is 0 Å². The molecule has 0 spiro atoms. The Balaban J connectivity index is 2.42. The van der Waals surface area contributed by atoms with Crippen molar-refractivity contribution in [3.05, 3.63) is 12.2 Å². The Hall–Kier alpha value is -0.340. The number of aliphatic hydroxyl groups is 1. The van der Waals surface area contributed by atoms with E-state index in [4.69, 9.17) is 4.74 Å². The maximum absolute atomic E-state index is 10.9. The van der Waals surface area contributed by atoms with Crippen LogP contribution < -0.4 is 0 Å². The van der Waals surface area contributed by atoms with Crippen LogP contribution in [0.15, 0.2) is 12.2 Å². The zero-order chi connectivity index (χ0) is 11.3. The Morgan fingerprint density at radius 1 is 1.33 bits per heavy atom. The Morgan fingerprint density at radius 3 is 2.67 bits per heavy atom. The molecular weight excluding hydrogens is 188 g/mol. The second-order valence-electron chi connectivity index (χ2n) is 5.89. The van der Waals surface area contributed by atoms with E-state index in [9.17, 15) is 5.11 Å². The van der Waals surface area contributed by atoms with Crippen LogP contribution in [0.4, 0.5) is 0 Å². The molecule has 0 aromatic carbocycles. The molecule has 0 aromatic heterocycles. The largest absolute Gasteiger partial charge is 0.386 e. The van der Waals surface area contributed by atoms with Crippen molar-refractivity contribution in [3.63, 3.8) is 0 Å². The summed E-state index contributed by atoms with van der Waals surface area (Å²) in [6, 6.07) is 0. The number of rotatable bonds is 0. The molecule has 2 heteroatoms. The van der Waals surface area contributed by atoms with E-state index < -0.39 is 11.2 Å². The summed E-state index contributed by atoms with van der Waals surface area (Å²) < 4.78 is 6.02. The van der Waals surface area contributed by atoms with Gasteiger partial charge >= 0.3 is 0 Å². The average molecular weight is 210 g/mol. The number of fused-ring (bicyclic) bond motifs is 1. The van der Waals surface area contributed by atoms with E-state index in [-0.39, 0.29) is 11.5 Å². The van der Waals surface area contributed by atoms with Gasteiger partial charge in [0.15, 0.2) is 0 Å². The third-order valence-electron chi connectivity index (χ3n) is 4.36. The molecular formula is C13H22O2. The SMILES string of the molecule is C[C@H]1CC[C@@]2(O)C(C)(C)C=CC[C@@]2(C)O1. The first kappa shape index (κ1) is 11.2. The van der Waals surface area contributed by atoms with Gasteiger partial charge in [0.2, 0.25) is 0 Å². The Bertz CT molecular complexity index is 295. The van der Waals surface area contributed by atoms with Crippen LogP contribution in [0.1, 0.15) is 47.0 Å². The topological polar surface area (TPSA) is 29.5 Å². The van der Waals surface area contributed by atoms with Crippen molar-refractivity contribution in [3.8, 4) is 0 Å². The van der Waals surface area contributed by atoms with Gasteiger partial charge in [-0.15, -0.1) is 0 Å². The minimum absolute atomic E-state index is 0.194. The predicted octanol–water partition coefficient (Wildman–Crippen LogP) is 2.66. The molecule has 2 nitrogen and oxygen atoms in total. The van der Waals surface area contributed by atoms with E-state index in [0.717, 1.165) is 19.3 Å². The second-order valence-corrected chi connectivity index (χ2v) is 5.89. The quantitative estimate of drug-likeness (QED) is 0.623. The lowest BCUT2D eigenvalue weighted by Gasteiger charge is -2.58. The summed E-state index contributed by atoms with van der Waals surface area (Å²) in [7, 11) is 0. The standard InChI is InChI=1S/C13H22O2/c1-10-6-9-13(14)11(2,3)7-5-8-12(13,4)15-10/h5,7,10,14H,6,8-9H2,1-4H3/t10-,12+,13+/m0/s1. The van der Waals surface area contributed by atoms with Crippen molar-refractivity contribution < 1.29 is 9.84 Å². The molecule has 86 valence electrons. The molecule has 0 saturated carbocycles. The van der Waals surface area contributed by atoms with E-state index in [1.807, 2.05) is 6.92 Å². The highest BCUT2D eigenvalue weighted by Crippen LogP contribution is 2.53. The molecule has 2 aliphatic rings. The van der Waals surface area contributed by atoms with Crippen molar-refractivity contribution in [1.29, 1.82) is 0 Å². The van der Waals surface area contributed by atoms with Crippen molar-refractivity contribution in [2.24, 2.45) is 5.41 Å². The molecule has 0 amide bonds. The van der Waals surface area contributed by atoms with Crippen LogP contribution in [-0.4, -0.2) is 22.4 Å². The van der Waals surface area contributed by atoms with Crippen molar-refractivity contribution in [2.75, 3.05) is 0 Å². The minimum atomic E-state index is -0.721. The van der Waals surface area contributed by atoms with Gasteiger partial charge in [0.05, 0.1) is 11.7 Å². The van der Waals surface area contributed by atoms with E-state index in [1.165, 1.54) is 0 Å². The zero-order valence-electron chi connectivity index (χ0n) is 10.2. The van der Waals surface area contributed by atoms with Crippen molar-refractivity contribution in [1.82, 2.24) is 0 Å². The molecule has 3 atom stereocenters. The fraction of sp³-hybridized carbons (Fsp3) is 0.846. The molecule has 1 heterocycles. The molecule has 1 aliphatic carbocycles. The van der Waals surface area contributed by atoms with Gasteiger partial charge in [-0.1, -0.05) is 26.0 Å². The summed E-state index contributed by atoms with van der Waals surface area (Å²) in [4.78, 5) is 0. The van der Waals surface area contributed by atoms with Crippen LogP contribution in [0.5, 0.6) is 0 Å². The summed E-state index contributed by atoms with van der Waals surface area (Å²) in [6.45, 7) is 8.34. The van der Waals surface area contributed by atoms with Gasteiger partial charge in [-0.3, -0.25) is 0 Å². The highest BCUT2D eigenvalue weighted by atomic mass is 16.5. The van der Waals surface area contributed by atoms with Crippen LogP contribution in [0.3, 0.4) is 0 Å². The van der Waals surface area contributed by atoms with Crippen LogP contribution in [-0.2, 0) is 4.74 Å². The van der Waals surface area contributed by atoms with Crippen LogP contribution in [0, 0.1) is 5.41 Å². The lowest BCUT2D eigenvalue weighted by Crippen LogP contribution is -2.66. The Morgan fingerprint density at radius 2 is 2.00 bits per heavy atom. The first-order valence-corrected chi connectivity index (χ1v) is 5.89. The number of hydrogen-bond acceptors (Lipinski definition) is 2. The highest BCUT2D eigenvalue weighted by Gasteiger charge is 2.59. The van der Waals surface area contributed by atoms with Crippen LogP contribution in [0.2, 0.25) is 0 Å². The fourth-order valence-corrected chi connectivity index (χ4v) is 3.21. The maximum atomic E-state index is 10.9. The lowest BCUT2D eigenvalue weighted by molar-refractivity contribution is -0.263. The monoisotopic (exact) mass is 210 g/mol. The summed E-state index contributed by atoms with van der Waals surface area (Å²) in [6.07, 6.45) is 7.14. The Kier molecular flexibility index (Phi) is 2.29. The lowest BCUT2D eigenvalue weighted by atomic mass is 9.58. The van der Waals surface area contributed by atoms with Gasteiger partial charge < -0.3 is 9.84 Å². The molecule has 2 rings (SSSR count). The minimum Gasteiger partial charge on any atom is -0.386 e. The summed E-state index contributed by atoms with van der Waals surface area (Å²) in [5.74, 6) is 0. The molecule has 1 fully saturated rings. The van der Waals surface area contributed by atoms with Crippen molar-refractivity contribution in [2.45, 2.75) is 64.3 Å².